The number of nitrogens with one attached hydrogen (secondary N) is 2. The van der Waals surface area contributed by atoms with Gasteiger partial charge in [0.05, 0.1) is 12.0 Å². The Labute approximate surface area is 150 Å². The van der Waals surface area contributed by atoms with Crippen molar-refractivity contribution in [2.75, 3.05) is 5.75 Å². The van der Waals surface area contributed by atoms with E-state index in [0.29, 0.717) is 0 Å². The summed E-state index contributed by atoms with van der Waals surface area (Å²) < 4.78 is 0. The molecule has 25 heavy (non-hydrogen) atoms. The first-order valence-electron chi connectivity index (χ1n) is 7.18. The van der Waals surface area contributed by atoms with Crippen molar-refractivity contribution >= 4 is 46.8 Å². The van der Waals surface area contributed by atoms with E-state index < -0.39 is 29.2 Å². The van der Waals surface area contributed by atoms with E-state index >= 15 is 0 Å². The molecule has 0 radical (unpaired) electrons. The van der Waals surface area contributed by atoms with E-state index in [0.717, 1.165) is 9.78 Å². The topological polar surface area (TPSA) is 142 Å². The first-order chi connectivity index (χ1) is 11.9. The summed E-state index contributed by atoms with van der Waals surface area (Å²) in [5.41, 5.74) is 1.42. The molecular formula is C14H14N4O5S2. The number of fused-ring (bicyclic) bond motifs is 1. The summed E-state index contributed by atoms with van der Waals surface area (Å²) in [6.45, 7) is 0. The lowest BCUT2D eigenvalue weighted by Gasteiger charge is -2.49. The maximum atomic E-state index is 12.3. The van der Waals surface area contributed by atoms with Gasteiger partial charge in [-0.3, -0.25) is 24.7 Å². The molecule has 132 valence electrons. The van der Waals surface area contributed by atoms with Gasteiger partial charge in [0.2, 0.25) is 5.91 Å². The summed E-state index contributed by atoms with van der Waals surface area (Å²) in [5.74, 6) is 2.13. The predicted molar refractivity (Wildman–Crippen MR) is 90.0 cm³/mol. The average molecular weight is 382 g/mol. The number of nitrogens with zero attached hydrogens (tertiary/aromatic N) is 1. The number of hydrogen-bond donors (Lipinski definition) is 4. The number of carbonyl (C=O) groups is 4. The van der Waals surface area contributed by atoms with Gasteiger partial charge in [-0.2, -0.15) is 0 Å². The van der Waals surface area contributed by atoms with Crippen LogP contribution in [0.1, 0.15) is 4.88 Å². The van der Waals surface area contributed by atoms with Crippen molar-refractivity contribution in [3.8, 4) is 0 Å². The second-order valence-electron chi connectivity index (χ2n) is 5.32. The Morgan fingerprint density at radius 2 is 2.16 bits per heavy atom. The van der Waals surface area contributed by atoms with Gasteiger partial charge in [0.1, 0.15) is 17.1 Å². The van der Waals surface area contributed by atoms with E-state index in [9.17, 15) is 24.3 Å². The molecule has 3 rings (SSSR count). The largest absolute Gasteiger partial charge is 0.477 e. The number of aliphatic carboxylic acids is 1. The Kier molecular flexibility index (Phi) is 4.79. The Morgan fingerprint density at radius 1 is 1.40 bits per heavy atom. The standard InChI is InChI=1S/C14H14N4O5S2/c15-17-11(20)7-5-25-13-9(12(21)18(13)10(7)14(22)23)16-8(19)4-6-2-1-3-24-6/h1-3,9,13H,4-5,15H2,(H,16,19)(H,17,20)(H,22,23)/t9?,13-/m1/s1. The fraction of sp³-hybridized carbons (Fsp3) is 0.286. The Hall–Kier alpha value is -2.37. The molecule has 0 aromatic carbocycles. The van der Waals surface area contributed by atoms with Crippen LogP contribution in [0.2, 0.25) is 0 Å². The molecule has 3 heterocycles. The highest BCUT2D eigenvalue weighted by molar-refractivity contribution is 8.00. The van der Waals surface area contributed by atoms with Crippen molar-refractivity contribution in [1.82, 2.24) is 15.6 Å². The highest BCUT2D eigenvalue weighted by Crippen LogP contribution is 2.40. The number of hydrogen-bond acceptors (Lipinski definition) is 7. The maximum Gasteiger partial charge on any atom is 0.353 e. The number of carboxylic acids is 1. The van der Waals surface area contributed by atoms with Crippen LogP contribution >= 0.6 is 23.1 Å². The molecule has 1 aromatic heterocycles. The van der Waals surface area contributed by atoms with Gasteiger partial charge in [-0.05, 0) is 11.4 Å². The molecule has 0 spiro atoms. The van der Waals surface area contributed by atoms with Gasteiger partial charge in [0.25, 0.3) is 11.8 Å². The summed E-state index contributed by atoms with van der Waals surface area (Å²) in [4.78, 5) is 49.5. The number of carboxylic acid groups (broad SMARTS) is 1. The van der Waals surface area contributed by atoms with Crippen molar-refractivity contribution in [3.05, 3.63) is 33.7 Å². The number of rotatable bonds is 5. The van der Waals surface area contributed by atoms with Crippen LogP contribution in [-0.2, 0) is 25.6 Å². The first kappa shape index (κ1) is 17.5. The SMILES string of the molecule is NNC(=O)C1=C(C(=O)O)N2C(=O)C(NC(=O)Cc3cccs3)[C@H]2SC1. The highest BCUT2D eigenvalue weighted by atomic mass is 32.2. The highest BCUT2D eigenvalue weighted by Gasteiger charge is 2.54. The molecule has 5 N–H and O–H groups in total. The summed E-state index contributed by atoms with van der Waals surface area (Å²) in [5, 5.41) is 13.3. The summed E-state index contributed by atoms with van der Waals surface area (Å²) in [6, 6.07) is 2.83. The molecule has 1 saturated heterocycles. The van der Waals surface area contributed by atoms with Crippen LogP contribution in [-0.4, -0.2) is 50.9 Å². The molecule has 2 aliphatic heterocycles. The van der Waals surface area contributed by atoms with Crippen molar-refractivity contribution in [2.45, 2.75) is 17.8 Å². The van der Waals surface area contributed by atoms with Crippen molar-refractivity contribution in [3.63, 3.8) is 0 Å². The third-order valence-corrected chi connectivity index (χ3v) is 5.96. The second-order valence-corrected chi connectivity index (χ2v) is 7.45. The Morgan fingerprint density at radius 3 is 2.76 bits per heavy atom. The smallest absolute Gasteiger partial charge is 0.353 e. The third kappa shape index (κ3) is 3.13. The molecule has 2 aliphatic rings. The van der Waals surface area contributed by atoms with Gasteiger partial charge in [0.15, 0.2) is 0 Å². The van der Waals surface area contributed by atoms with Gasteiger partial charge in [-0.25, -0.2) is 10.6 Å². The molecule has 1 fully saturated rings. The normalized spacial score (nSPS) is 22.1. The molecular weight excluding hydrogens is 368 g/mol. The Bertz CT molecular complexity index is 776. The summed E-state index contributed by atoms with van der Waals surface area (Å²) in [6.07, 6.45) is 0.154. The average Bonchev–Trinajstić information content (AvgIpc) is 3.10. The monoisotopic (exact) mass is 382 g/mol. The predicted octanol–water partition coefficient (Wildman–Crippen LogP) is -0.981. The van der Waals surface area contributed by atoms with Crippen LogP contribution in [0.4, 0.5) is 0 Å². The minimum Gasteiger partial charge on any atom is -0.477 e. The quantitative estimate of drug-likeness (QED) is 0.222. The molecule has 2 atom stereocenters. The van der Waals surface area contributed by atoms with Crippen LogP contribution in [0.15, 0.2) is 28.8 Å². The van der Waals surface area contributed by atoms with Crippen molar-refractivity contribution < 1.29 is 24.3 Å². The number of hydrazine groups is 1. The Balaban J connectivity index is 1.74. The molecule has 9 nitrogen and oxygen atoms in total. The number of nitrogens with two attached hydrogens (primary N) is 1. The zero-order valence-electron chi connectivity index (χ0n) is 12.7. The summed E-state index contributed by atoms with van der Waals surface area (Å²) >= 11 is 2.64. The molecule has 0 aliphatic carbocycles. The van der Waals surface area contributed by atoms with Gasteiger partial charge < -0.3 is 10.4 Å². The van der Waals surface area contributed by atoms with E-state index in [1.165, 1.54) is 23.1 Å². The fourth-order valence-electron chi connectivity index (χ4n) is 2.68. The van der Waals surface area contributed by atoms with Crippen molar-refractivity contribution in [1.29, 1.82) is 0 Å². The summed E-state index contributed by atoms with van der Waals surface area (Å²) in [7, 11) is 0. The van der Waals surface area contributed by atoms with E-state index in [-0.39, 0.29) is 29.4 Å². The van der Waals surface area contributed by atoms with E-state index in [4.69, 9.17) is 5.84 Å². The van der Waals surface area contributed by atoms with Gasteiger partial charge in [-0.1, -0.05) is 6.07 Å². The van der Waals surface area contributed by atoms with Crippen LogP contribution in [0.25, 0.3) is 0 Å². The van der Waals surface area contributed by atoms with Crippen LogP contribution in [0.3, 0.4) is 0 Å². The number of amides is 3. The van der Waals surface area contributed by atoms with Gasteiger partial charge >= 0.3 is 5.97 Å². The molecule has 0 saturated carbocycles. The van der Waals surface area contributed by atoms with Crippen LogP contribution in [0.5, 0.6) is 0 Å². The van der Waals surface area contributed by atoms with E-state index in [2.05, 4.69) is 5.32 Å². The van der Waals surface area contributed by atoms with Crippen LogP contribution in [0, 0.1) is 0 Å². The second kappa shape index (κ2) is 6.86. The molecule has 1 unspecified atom stereocenters. The maximum absolute atomic E-state index is 12.3. The van der Waals surface area contributed by atoms with E-state index in [1.807, 2.05) is 22.9 Å². The lowest BCUT2D eigenvalue weighted by molar-refractivity contribution is -0.150. The number of β-lactam (4-membered cyclic amide) rings is 1. The zero-order valence-corrected chi connectivity index (χ0v) is 14.4. The zero-order chi connectivity index (χ0) is 18.1. The third-order valence-electron chi connectivity index (χ3n) is 3.81. The van der Waals surface area contributed by atoms with Gasteiger partial charge in [-0.15, -0.1) is 23.1 Å². The van der Waals surface area contributed by atoms with E-state index in [1.54, 1.807) is 0 Å². The molecule has 1 aromatic rings. The molecule has 11 heteroatoms. The van der Waals surface area contributed by atoms with Gasteiger partial charge in [0, 0.05) is 10.6 Å². The number of carbonyl (C=O) groups excluding carboxylic acids is 3. The minimum atomic E-state index is -1.39. The number of thioether (sulfide) groups is 1. The molecule has 3 amide bonds. The minimum absolute atomic E-state index is 0.0760. The fourth-order valence-corrected chi connectivity index (χ4v) is 4.72. The van der Waals surface area contributed by atoms with Crippen molar-refractivity contribution in [2.24, 2.45) is 5.84 Å². The number of thiophene rings is 1. The molecule has 0 bridgehead atoms. The lowest BCUT2D eigenvalue weighted by Crippen LogP contribution is -2.71. The lowest BCUT2D eigenvalue weighted by atomic mass is 10.0. The first-order valence-corrected chi connectivity index (χ1v) is 9.10. The van der Waals surface area contributed by atoms with Crippen LogP contribution < -0.4 is 16.6 Å².